The number of methoxy groups -OCH3 is 1. The van der Waals surface area contributed by atoms with E-state index in [1.54, 1.807) is 6.92 Å². The van der Waals surface area contributed by atoms with Crippen LogP contribution < -0.4 is 0 Å². The minimum atomic E-state index is -3.80. The van der Waals surface area contributed by atoms with Crippen LogP contribution >= 0.6 is 0 Å². The van der Waals surface area contributed by atoms with Gasteiger partial charge in [0.05, 0.1) is 18.3 Å². The van der Waals surface area contributed by atoms with Crippen molar-refractivity contribution in [2.45, 2.75) is 31.4 Å². The molecule has 2 atom stereocenters. The molecule has 1 rings (SSSR count). The van der Waals surface area contributed by atoms with Crippen molar-refractivity contribution < 1.29 is 27.9 Å². The van der Waals surface area contributed by atoms with Gasteiger partial charge in [-0.25, -0.2) is 8.42 Å². The lowest BCUT2D eigenvalue weighted by Gasteiger charge is -2.25. The van der Waals surface area contributed by atoms with E-state index in [-0.39, 0.29) is 13.1 Å². The molecule has 0 saturated heterocycles. The summed E-state index contributed by atoms with van der Waals surface area (Å²) >= 11 is 0. The molecule has 1 N–H and O–H groups in total. The van der Waals surface area contributed by atoms with Crippen molar-refractivity contribution in [2.75, 3.05) is 20.2 Å². The SMILES string of the molecule is CCN(CC(=O)OC)S(=O)(=O)C1CCCC1C(=O)O. The summed E-state index contributed by atoms with van der Waals surface area (Å²) in [7, 11) is -2.62. The van der Waals surface area contributed by atoms with Gasteiger partial charge >= 0.3 is 11.9 Å². The summed E-state index contributed by atoms with van der Waals surface area (Å²) in [4.78, 5) is 22.3. The van der Waals surface area contributed by atoms with Gasteiger partial charge in [0, 0.05) is 6.54 Å². The van der Waals surface area contributed by atoms with Crippen LogP contribution in [0.15, 0.2) is 0 Å². The first kappa shape index (κ1) is 15.9. The van der Waals surface area contributed by atoms with Crippen molar-refractivity contribution >= 4 is 22.0 Å². The second-order valence-electron chi connectivity index (χ2n) is 4.46. The second kappa shape index (κ2) is 6.33. The van der Waals surface area contributed by atoms with Gasteiger partial charge in [-0.3, -0.25) is 9.59 Å². The van der Waals surface area contributed by atoms with Crippen molar-refractivity contribution in [3.63, 3.8) is 0 Å². The van der Waals surface area contributed by atoms with Crippen LogP contribution in [0.3, 0.4) is 0 Å². The highest BCUT2D eigenvalue weighted by Crippen LogP contribution is 2.33. The van der Waals surface area contributed by atoms with Gasteiger partial charge in [-0.05, 0) is 12.8 Å². The van der Waals surface area contributed by atoms with Crippen LogP contribution in [0.2, 0.25) is 0 Å². The van der Waals surface area contributed by atoms with Gasteiger partial charge in [-0.15, -0.1) is 0 Å². The highest BCUT2D eigenvalue weighted by Gasteiger charge is 2.44. The van der Waals surface area contributed by atoms with Gasteiger partial charge in [-0.1, -0.05) is 13.3 Å². The lowest BCUT2D eigenvalue weighted by molar-refractivity contribution is -0.141. The lowest BCUT2D eigenvalue weighted by Crippen LogP contribution is -2.44. The van der Waals surface area contributed by atoms with Crippen molar-refractivity contribution in [1.82, 2.24) is 4.31 Å². The minimum absolute atomic E-state index is 0.111. The van der Waals surface area contributed by atoms with Crippen LogP contribution in [0, 0.1) is 5.92 Å². The number of hydrogen-bond acceptors (Lipinski definition) is 5. The Balaban J connectivity index is 2.94. The first-order valence-electron chi connectivity index (χ1n) is 6.13. The van der Waals surface area contributed by atoms with Gasteiger partial charge in [0.2, 0.25) is 10.0 Å². The Bertz CT molecular complexity index is 446. The zero-order chi connectivity index (χ0) is 14.6. The molecule has 2 unspecified atom stereocenters. The van der Waals surface area contributed by atoms with Crippen molar-refractivity contribution in [2.24, 2.45) is 5.92 Å². The Hall–Kier alpha value is -1.15. The number of aliphatic carboxylic acids is 1. The summed E-state index contributed by atoms with van der Waals surface area (Å²) in [5, 5.41) is 8.11. The molecule has 1 saturated carbocycles. The molecule has 1 aliphatic carbocycles. The summed E-state index contributed by atoms with van der Waals surface area (Å²) < 4.78 is 30.2. The summed E-state index contributed by atoms with van der Waals surface area (Å²) in [6, 6.07) is 0. The predicted molar refractivity (Wildman–Crippen MR) is 66.9 cm³/mol. The van der Waals surface area contributed by atoms with E-state index in [9.17, 15) is 18.0 Å². The predicted octanol–water partition coefficient (Wildman–Crippen LogP) is 0.0644. The quantitative estimate of drug-likeness (QED) is 0.695. The number of carbonyl (C=O) groups excluding carboxylic acids is 1. The number of carbonyl (C=O) groups is 2. The smallest absolute Gasteiger partial charge is 0.321 e. The maximum Gasteiger partial charge on any atom is 0.321 e. The molecular weight excluding hydrogens is 274 g/mol. The number of nitrogens with zero attached hydrogens (tertiary/aromatic N) is 1. The third-order valence-corrected chi connectivity index (χ3v) is 5.83. The van der Waals surface area contributed by atoms with E-state index in [4.69, 9.17) is 5.11 Å². The van der Waals surface area contributed by atoms with Crippen molar-refractivity contribution in [1.29, 1.82) is 0 Å². The molecule has 1 aliphatic rings. The average Bonchev–Trinajstić information content (AvgIpc) is 2.85. The lowest BCUT2D eigenvalue weighted by atomic mass is 10.1. The summed E-state index contributed by atoms with van der Waals surface area (Å²) in [6.45, 7) is 1.34. The number of sulfonamides is 1. The van der Waals surface area contributed by atoms with Gasteiger partial charge < -0.3 is 9.84 Å². The Labute approximate surface area is 112 Å². The normalized spacial score (nSPS) is 23.5. The second-order valence-corrected chi connectivity index (χ2v) is 6.61. The van der Waals surface area contributed by atoms with E-state index in [2.05, 4.69) is 4.74 Å². The monoisotopic (exact) mass is 293 g/mol. The number of carboxylic acid groups (broad SMARTS) is 1. The number of likely N-dealkylation sites (N-methyl/N-ethyl adjacent to an activating group) is 1. The minimum Gasteiger partial charge on any atom is -0.481 e. The maximum absolute atomic E-state index is 12.4. The van der Waals surface area contributed by atoms with Crippen LogP contribution in [0.25, 0.3) is 0 Å². The standard InChI is InChI=1S/C11H19NO6S/c1-3-12(7-10(13)18-2)19(16,17)9-6-4-5-8(9)11(14)15/h8-9H,3-7H2,1-2H3,(H,14,15). The topological polar surface area (TPSA) is 101 Å². The van der Waals surface area contributed by atoms with E-state index in [0.717, 1.165) is 4.31 Å². The van der Waals surface area contributed by atoms with Gasteiger partial charge in [0.15, 0.2) is 0 Å². The fraction of sp³-hybridized carbons (Fsp3) is 0.818. The molecule has 0 aromatic carbocycles. The molecule has 1 fully saturated rings. The van der Waals surface area contributed by atoms with Gasteiger partial charge in [0.25, 0.3) is 0 Å². The molecule has 7 nitrogen and oxygen atoms in total. The molecule has 19 heavy (non-hydrogen) atoms. The van der Waals surface area contributed by atoms with Gasteiger partial charge in [0.1, 0.15) is 6.54 Å². The Morgan fingerprint density at radius 3 is 2.47 bits per heavy atom. The first-order chi connectivity index (χ1) is 8.84. The van der Waals surface area contributed by atoms with E-state index in [1.165, 1.54) is 7.11 Å². The highest BCUT2D eigenvalue weighted by atomic mass is 32.2. The summed E-state index contributed by atoms with van der Waals surface area (Å²) in [5.41, 5.74) is 0. The Kier molecular flexibility index (Phi) is 5.30. The number of ether oxygens (including phenoxy) is 1. The van der Waals surface area contributed by atoms with Crippen LogP contribution in [0.1, 0.15) is 26.2 Å². The van der Waals surface area contributed by atoms with E-state index >= 15 is 0 Å². The summed E-state index contributed by atoms with van der Waals surface area (Å²) in [5.74, 6) is -2.65. The number of hydrogen-bond donors (Lipinski definition) is 1. The van der Waals surface area contributed by atoms with Crippen LogP contribution in [-0.4, -0.2) is 55.2 Å². The van der Waals surface area contributed by atoms with Crippen LogP contribution in [-0.2, 0) is 24.3 Å². The fourth-order valence-corrected chi connectivity index (χ4v) is 4.51. The van der Waals surface area contributed by atoms with Crippen molar-refractivity contribution in [3.05, 3.63) is 0 Å². The van der Waals surface area contributed by atoms with Gasteiger partial charge in [-0.2, -0.15) is 4.31 Å². The third-order valence-electron chi connectivity index (χ3n) is 3.40. The van der Waals surface area contributed by atoms with E-state index in [0.29, 0.717) is 19.3 Å². The molecule has 0 spiro atoms. The first-order valence-corrected chi connectivity index (χ1v) is 7.63. The molecular formula is C11H19NO6S. The molecule has 0 heterocycles. The molecule has 0 aromatic heterocycles. The number of carboxylic acids is 1. The number of esters is 1. The summed E-state index contributed by atoms with van der Waals surface area (Å²) in [6.07, 6.45) is 1.24. The molecule has 0 radical (unpaired) electrons. The van der Waals surface area contributed by atoms with Crippen LogP contribution in [0.5, 0.6) is 0 Å². The molecule has 0 aliphatic heterocycles. The zero-order valence-corrected chi connectivity index (χ0v) is 11.9. The molecule has 8 heteroatoms. The molecule has 0 bridgehead atoms. The largest absolute Gasteiger partial charge is 0.481 e. The maximum atomic E-state index is 12.4. The number of rotatable bonds is 6. The van der Waals surface area contributed by atoms with E-state index < -0.39 is 33.1 Å². The molecule has 0 aromatic rings. The van der Waals surface area contributed by atoms with Crippen LogP contribution in [0.4, 0.5) is 0 Å². The average molecular weight is 293 g/mol. The molecule has 0 amide bonds. The van der Waals surface area contributed by atoms with Crippen molar-refractivity contribution in [3.8, 4) is 0 Å². The zero-order valence-electron chi connectivity index (χ0n) is 11.0. The Morgan fingerprint density at radius 1 is 1.37 bits per heavy atom. The van der Waals surface area contributed by atoms with E-state index in [1.807, 2.05) is 0 Å². The Morgan fingerprint density at radius 2 is 2.00 bits per heavy atom. The fourth-order valence-electron chi connectivity index (χ4n) is 2.35. The highest BCUT2D eigenvalue weighted by molar-refractivity contribution is 7.89. The third kappa shape index (κ3) is 3.44. The molecule has 110 valence electrons.